The lowest BCUT2D eigenvalue weighted by atomic mass is 9.93. The van der Waals surface area contributed by atoms with Crippen LogP contribution in [0.25, 0.3) is 0 Å². The average Bonchev–Trinajstić information content (AvgIpc) is 2.63. The molecule has 0 unspecified atom stereocenters. The highest BCUT2D eigenvalue weighted by Gasteiger charge is 2.40. The monoisotopic (exact) mass is 358 g/mol. The number of rotatable bonds is 3. The molecule has 1 rings (SSSR count). The van der Waals surface area contributed by atoms with Crippen LogP contribution in [-0.2, 0) is 9.47 Å². The fraction of sp³-hybridized carbons (Fsp3) is 0.889. The standard InChI is InChI=1S/C18H34N2O5/c1-16(2,3)24-14(22)19-18(7,8)10-12-9-13(21)11-20(12)15(23)25-17(4,5)6/h12-13,21H,9-11H2,1-8H3,(H,19,22)/t12-,13+/m0/s1. The summed E-state index contributed by atoms with van der Waals surface area (Å²) in [5, 5.41) is 12.8. The number of amides is 2. The van der Waals surface area contributed by atoms with E-state index in [0.29, 0.717) is 12.8 Å². The molecule has 0 bridgehead atoms. The van der Waals surface area contributed by atoms with E-state index in [1.165, 1.54) is 0 Å². The minimum atomic E-state index is -0.600. The molecule has 146 valence electrons. The highest BCUT2D eigenvalue weighted by molar-refractivity contribution is 5.70. The van der Waals surface area contributed by atoms with Gasteiger partial charge in [0.05, 0.1) is 12.6 Å². The van der Waals surface area contributed by atoms with Crippen molar-refractivity contribution in [2.24, 2.45) is 0 Å². The van der Waals surface area contributed by atoms with Gasteiger partial charge in [-0.1, -0.05) is 0 Å². The summed E-state index contributed by atoms with van der Waals surface area (Å²) in [6.45, 7) is 14.8. The van der Waals surface area contributed by atoms with Crippen LogP contribution < -0.4 is 5.32 Å². The molecule has 1 saturated heterocycles. The van der Waals surface area contributed by atoms with Gasteiger partial charge in [0.1, 0.15) is 11.2 Å². The Bertz CT molecular complexity index is 491. The first-order valence-electron chi connectivity index (χ1n) is 8.77. The lowest BCUT2D eigenvalue weighted by Gasteiger charge is -2.34. The molecular weight excluding hydrogens is 324 g/mol. The van der Waals surface area contributed by atoms with E-state index in [1.807, 2.05) is 13.8 Å². The molecule has 2 amide bonds. The Labute approximate surface area is 151 Å². The first-order valence-corrected chi connectivity index (χ1v) is 8.77. The second kappa shape index (κ2) is 7.40. The Kier molecular flexibility index (Phi) is 6.37. The summed E-state index contributed by atoms with van der Waals surface area (Å²) in [4.78, 5) is 26.0. The second-order valence-corrected chi connectivity index (χ2v) is 9.39. The quantitative estimate of drug-likeness (QED) is 0.809. The predicted octanol–water partition coefficient (Wildman–Crippen LogP) is 3.05. The number of alkyl carbamates (subject to hydrolysis) is 1. The Hall–Kier alpha value is -1.50. The Morgan fingerprint density at radius 3 is 2.04 bits per heavy atom. The third-order valence-corrected chi connectivity index (χ3v) is 3.61. The SMILES string of the molecule is CC(C)(C[C@@H]1C[C@@H](O)CN1C(=O)OC(C)(C)C)NC(=O)OC(C)(C)C. The Morgan fingerprint density at radius 2 is 1.56 bits per heavy atom. The summed E-state index contributed by atoms with van der Waals surface area (Å²) in [5.41, 5.74) is -1.77. The van der Waals surface area contributed by atoms with E-state index in [1.54, 1.807) is 46.4 Å². The van der Waals surface area contributed by atoms with Gasteiger partial charge in [-0.3, -0.25) is 0 Å². The van der Waals surface area contributed by atoms with Crippen LogP contribution in [0, 0.1) is 0 Å². The van der Waals surface area contributed by atoms with Gasteiger partial charge < -0.3 is 24.8 Å². The fourth-order valence-electron chi connectivity index (χ4n) is 2.85. The normalized spacial score (nSPS) is 21.9. The maximum Gasteiger partial charge on any atom is 0.410 e. The van der Waals surface area contributed by atoms with Crippen LogP contribution in [0.3, 0.4) is 0 Å². The van der Waals surface area contributed by atoms with E-state index < -0.39 is 35.0 Å². The molecule has 1 aliphatic rings. The lowest BCUT2D eigenvalue weighted by Crippen LogP contribution is -2.50. The van der Waals surface area contributed by atoms with Crippen LogP contribution in [0.4, 0.5) is 9.59 Å². The van der Waals surface area contributed by atoms with Crippen molar-refractivity contribution in [1.82, 2.24) is 10.2 Å². The third kappa shape index (κ3) is 7.94. The van der Waals surface area contributed by atoms with Crippen molar-refractivity contribution in [2.45, 2.75) is 97.1 Å². The highest BCUT2D eigenvalue weighted by atomic mass is 16.6. The Balaban J connectivity index is 2.73. The van der Waals surface area contributed by atoms with E-state index in [-0.39, 0.29) is 12.6 Å². The number of aliphatic hydroxyl groups is 1. The van der Waals surface area contributed by atoms with Gasteiger partial charge in [-0.2, -0.15) is 0 Å². The van der Waals surface area contributed by atoms with Crippen LogP contribution in [-0.4, -0.2) is 57.6 Å². The third-order valence-electron chi connectivity index (χ3n) is 3.61. The lowest BCUT2D eigenvalue weighted by molar-refractivity contribution is 0.0182. The van der Waals surface area contributed by atoms with Gasteiger partial charge in [0.15, 0.2) is 0 Å². The number of nitrogens with zero attached hydrogens (tertiary/aromatic N) is 1. The molecule has 0 aromatic rings. The van der Waals surface area contributed by atoms with Gasteiger partial charge >= 0.3 is 12.2 Å². The molecule has 0 aromatic heterocycles. The van der Waals surface area contributed by atoms with Crippen molar-refractivity contribution in [2.75, 3.05) is 6.54 Å². The summed E-state index contributed by atoms with van der Waals surface area (Å²) in [7, 11) is 0. The topological polar surface area (TPSA) is 88.1 Å². The molecule has 2 atom stereocenters. The maximum absolute atomic E-state index is 12.4. The van der Waals surface area contributed by atoms with Crippen LogP contribution in [0.5, 0.6) is 0 Å². The van der Waals surface area contributed by atoms with Gasteiger partial charge in [0, 0.05) is 11.6 Å². The number of aliphatic hydroxyl groups excluding tert-OH is 1. The van der Waals surface area contributed by atoms with Gasteiger partial charge in [0.25, 0.3) is 0 Å². The molecule has 2 N–H and O–H groups in total. The van der Waals surface area contributed by atoms with Crippen LogP contribution in [0.1, 0.15) is 68.2 Å². The smallest absolute Gasteiger partial charge is 0.410 e. The molecule has 0 saturated carbocycles. The zero-order chi connectivity index (χ0) is 19.6. The molecule has 7 heteroatoms. The molecule has 1 aliphatic heterocycles. The second-order valence-electron chi connectivity index (χ2n) is 9.39. The van der Waals surface area contributed by atoms with E-state index >= 15 is 0 Å². The summed E-state index contributed by atoms with van der Waals surface area (Å²) in [6.07, 6.45) is -0.585. The van der Waals surface area contributed by atoms with E-state index in [9.17, 15) is 14.7 Å². The van der Waals surface area contributed by atoms with Gasteiger partial charge in [-0.05, 0) is 68.2 Å². The maximum atomic E-state index is 12.4. The van der Waals surface area contributed by atoms with Gasteiger partial charge in [-0.25, -0.2) is 9.59 Å². The minimum absolute atomic E-state index is 0.213. The molecule has 1 fully saturated rings. The van der Waals surface area contributed by atoms with E-state index in [4.69, 9.17) is 9.47 Å². The molecule has 0 aromatic carbocycles. The van der Waals surface area contributed by atoms with E-state index in [2.05, 4.69) is 5.32 Å². The molecule has 7 nitrogen and oxygen atoms in total. The van der Waals surface area contributed by atoms with Crippen LogP contribution >= 0.6 is 0 Å². The average molecular weight is 358 g/mol. The number of hydrogen-bond donors (Lipinski definition) is 2. The summed E-state index contributed by atoms with van der Waals surface area (Å²) < 4.78 is 10.7. The van der Waals surface area contributed by atoms with Crippen LogP contribution in [0.15, 0.2) is 0 Å². The van der Waals surface area contributed by atoms with Crippen molar-refractivity contribution in [3.63, 3.8) is 0 Å². The summed E-state index contributed by atoms with van der Waals surface area (Å²) >= 11 is 0. The minimum Gasteiger partial charge on any atom is -0.444 e. The van der Waals surface area contributed by atoms with Gasteiger partial charge in [-0.15, -0.1) is 0 Å². The number of β-amino-alcohol motifs (C(OH)–C–C–N with tert-alkyl or cyclic N) is 1. The first-order chi connectivity index (χ1) is 11.1. The number of ether oxygens (including phenoxy) is 2. The predicted molar refractivity (Wildman–Crippen MR) is 95.4 cm³/mol. The molecule has 0 spiro atoms. The number of nitrogens with one attached hydrogen (secondary N) is 1. The van der Waals surface area contributed by atoms with Gasteiger partial charge in [0.2, 0.25) is 0 Å². The molecule has 0 radical (unpaired) electrons. The summed E-state index contributed by atoms with van der Waals surface area (Å²) in [5.74, 6) is 0. The first kappa shape index (κ1) is 21.5. The number of hydrogen-bond acceptors (Lipinski definition) is 5. The summed E-state index contributed by atoms with van der Waals surface area (Å²) in [6, 6.07) is -0.213. The number of carbonyl (C=O) groups excluding carboxylic acids is 2. The van der Waals surface area contributed by atoms with Crippen molar-refractivity contribution in [3.05, 3.63) is 0 Å². The van der Waals surface area contributed by atoms with Crippen LogP contribution in [0.2, 0.25) is 0 Å². The largest absolute Gasteiger partial charge is 0.444 e. The highest BCUT2D eigenvalue weighted by Crippen LogP contribution is 2.27. The Morgan fingerprint density at radius 1 is 1.04 bits per heavy atom. The molecular formula is C18H34N2O5. The number of likely N-dealkylation sites (tertiary alicyclic amines) is 1. The molecule has 25 heavy (non-hydrogen) atoms. The zero-order valence-electron chi connectivity index (χ0n) is 16.8. The molecule has 1 heterocycles. The van der Waals surface area contributed by atoms with Crippen molar-refractivity contribution >= 4 is 12.2 Å². The number of carbonyl (C=O) groups is 2. The van der Waals surface area contributed by atoms with Crippen molar-refractivity contribution < 1.29 is 24.2 Å². The van der Waals surface area contributed by atoms with Crippen molar-refractivity contribution in [1.29, 1.82) is 0 Å². The van der Waals surface area contributed by atoms with E-state index in [0.717, 1.165) is 0 Å². The fourth-order valence-corrected chi connectivity index (χ4v) is 2.85. The zero-order valence-corrected chi connectivity index (χ0v) is 16.8. The molecule has 0 aliphatic carbocycles. The van der Waals surface area contributed by atoms with Crippen molar-refractivity contribution in [3.8, 4) is 0 Å².